The molecule has 0 unspecified atom stereocenters. The highest BCUT2D eigenvalue weighted by Crippen LogP contribution is 2.44. The quantitative estimate of drug-likeness (QED) is 0.187. The van der Waals surface area contributed by atoms with Crippen LogP contribution < -0.4 is 0 Å². The van der Waals surface area contributed by atoms with Gasteiger partial charge in [-0.3, -0.25) is 0 Å². The fourth-order valence-corrected chi connectivity index (χ4v) is 7.54. The molecule has 0 radical (unpaired) electrons. The Morgan fingerprint density at radius 2 is 0.962 bits per heavy atom. The van der Waals surface area contributed by atoms with Gasteiger partial charge < -0.3 is 8.83 Å². The molecule has 0 spiro atoms. The monoisotopic (exact) mass is 665 g/mol. The Hall–Kier alpha value is -7.11. The van der Waals surface area contributed by atoms with E-state index in [1.807, 2.05) is 48.5 Å². The Bertz CT molecular complexity index is 3190. The maximum atomic E-state index is 6.87. The van der Waals surface area contributed by atoms with E-state index in [0.717, 1.165) is 87.9 Å². The van der Waals surface area contributed by atoms with Crippen LogP contribution in [0.15, 0.2) is 173 Å². The van der Waals surface area contributed by atoms with Crippen molar-refractivity contribution < 1.29 is 8.83 Å². The molecule has 0 aliphatic heterocycles. The number of nitrogens with zero attached hydrogens (tertiary/aromatic N) is 3. The molecule has 242 valence electrons. The minimum absolute atomic E-state index is 0.584. The van der Waals surface area contributed by atoms with E-state index in [4.69, 9.17) is 23.8 Å². The lowest BCUT2D eigenvalue weighted by Crippen LogP contribution is -2.00. The minimum atomic E-state index is 0.584. The second-order valence-electron chi connectivity index (χ2n) is 13.2. The number of para-hydroxylation sites is 1. The molecule has 0 saturated carbocycles. The predicted molar refractivity (Wildman–Crippen MR) is 211 cm³/mol. The van der Waals surface area contributed by atoms with Crippen molar-refractivity contribution >= 4 is 65.4 Å². The Kier molecular flexibility index (Phi) is 6.18. The van der Waals surface area contributed by atoms with Gasteiger partial charge in [0.05, 0.1) is 0 Å². The third-order valence-electron chi connectivity index (χ3n) is 10.1. The third-order valence-corrected chi connectivity index (χ3v) is 10.1. The number of hydrogen-bond donors (Lipinski definition) is 0. The van der Waals surface area contributed by atoms with Crippen LogP contribution in [0.1, 0.15) is 0 Å². The van der Waals surface area contributed by atoms with Crippen molar-refractivity contribution in [1.82, 2.24) is 15.0 Å². The minimum Gasteiger partial charge on any atom is -0.456 e. The molecular formula is C47H27N3O2. The molecule has 0 N–H and O–H groups in total. The first-order valence-electron chi connectivity index (χ1n) is 17.3. The summed E-state index contributed by atoms with van der Waals surface area (Å²) in [5, 5.41) is 8.68. The van der Waals surface area contributed by atoms with Crippen molar-refractivity contribution in [2.24, 2.45) is 0 Å². The van der Waals surface area contributed by atoms with Gasteiger partial charge in [0.15, 0.2) is 17.5 Å². The smallest absolute Gasteiger partial charge is 0.164 e. The van der Waals surface area contributed by atoms with Crippen LogP contribution >= 0.6 is 0 Å². The van der Waals surface area contributed by atoms with Crippen LogP contribution in [-0.4, -0.2) is 15.0 Å². The topological polar surface area (TPSA) is 65.0 Å². The molecule has 0 amide bonds. The van der Waals surface area contributed by atoms with Crippen LogP contribution in [0.4, 0.5) is 0 Å². The Morgan fingerprint density at radius 3 is 1.81 bits per heavy atom. The van der Waals surface area contributed by atoms with Gasteiger partial charge in [-0.05, 0) is 75.6 Å². The SMILES string of the molecule is c1ccc(-c2nc(-c3ccc4ccccc4c3)nc(-c3ccc(-c4ccc5oc6ccccc6c5c4)c4oc5cc6ccccc6cc5c34)n2)cc1. The zero-order valence-electron chi connectivity index (χ0n) is 27.7. The van der Waals surface area contributed by atoms with E-state index in [1.165, 1.54) is 5.39 Å². The lowest BCUT2D eigenvalue weighted by molar-refractivity contribution is 0.668. The van der Waals surface area contributed by atoms with E-state index >= 15 is 0 Å². The van der Waals surface area contributed by atoms with Gasteiger partial charge in [-0.2, -0.15) is 0 Å². The van der Waals surface area contributed by atoms with Gasteiger partial charge in [0.1, 0.15) is 22.3 Å². The number of rotatable bonds is 4. The first-order valence-corrected chi connectivity index (χ1v) is 17.3. The van der Waals surface area contributed by atoms with Crippen molar-refractivity contribution in [3.63, 3.8) is 0 Å². The molecule has 3 aromatic heterocycles. The average molecular weight is 666 g/mol. The summed E-state index contributed by atoms with van der Waals surface area (Å²) in [6, 6.07) is 56.3. The highest BCUT2D eigenvalue weighted by molar-refractivity contribution is 6.19. The Morgan fingerprint density at radius 1 is 0.327 bits per heavy atom. The van der Waals surface area contributed by atoms with E-state index in [1.54, 1.807) is 0 Å². The van der Waals surface area contributed by atoms with Crippen LogP contribution in [0, 0.1) is 0 Å². The molecule has 11 rings (SSSR count). The summed E-state index contributed by atoms with van der Waals surface area (Å²) in [5.74, 6) is 1.81. The summed E-state index contributed by atoms with van der Waals surface area (Å²) in [6.45, 7) is 0. The largest absolute Gasteiger partial charge is 0.456 e. The molecule has 11 aromatic rings. The van der Waals surface area contributed by atoms with E-state index < -0.39 is 0 Å². The lowest BCUT2D eigenvalue weighted by Gasteiger charge is -2.11. The number of benzene rings is 8. The lowest BCUT2D eigenvalue weighted by atomic mass is 9.96. The van der Waals surface area contributed by atoms with Crippen molar-refractivity contribution in [3.05, 3.63) is 164 Å². The number of fused-ring (bicyclic) bond motifs is 8. The van der Waals surface area contributed by atoms with Crippen LogP contribution in [-0.2, 0) is 0 Å². The Balaban J connectivity index is 1.20. The number of furan rings is 2. The van der Waals surface area contributed by atoms with Gasteiger partial charge >= 0.3 is 0 Å². The van der Waals surface area contributed by atoms with Crippen LogP contribution in [0.2, 0.25) is 0 Å². The van der Waals surface area contributed by atoms with Gasteiger partial charge in [-0.1, -0.05) is 115 Å². The molecule has 0 bridgehead atoms. The fraction of sp³-hybridized carbons (Fsp3) is 0. The molecule has 5 nitrogen and oxygen atoms in total. The molecule has 8 aromatic carbocycles. The molecule has 3 heterocycles. The van der Waals surface area contributed by atoms with E-state index in [-0.39, 0.29) is 0 Å². The number of hydrogen-bond acceptors (Lipinski definition) is 5. The predicted octanol–water partition coefficient (Wildman–Crippen LogP) is 12.6. The van der Waals surface area contributed by atoms with Crippen molar-refractivity contribution in [2.75, 3.05) is 0 Å². The molecule has 5 heteroatoms. The van der Waals surface area contributed by atoms with Gasteiger partial charge in [0.25, 0.3) is 0 Å². The first-order chi connectivity index (χ1) is 25.7. The van der Waals surface area contributed by atoms with E-state index in [2.05, 4.69) is 115 Å². The Labute approximate surface area is 297 Å². The van der Waals surface area contributed by atoms with Crippen molar-refractivity contribution in [1.29, 1.82) is 0 Å². The normalized spacial score (nSPS) is 11.8. The summed E-state index contributed by atoms with van der Waals surface area (Å²) in [4.78, 5) is 15.4. The highest BCUT2D eigenvalue weighted by atomic mass is 16.3. The van der Waals surface area contributed by atoms with Gasteiger partial charge in [0.2, 0.25) is 0 Å². The van der Waals surface area contributed by atoms with Crippen molar-refractivity contribution in [3.8, 4) is 45.3 Å². The van der Waals surface area contributed by atoms with Crippen LogP contribution in [0.25, 0.3) is 111 Å². The second-order valence-corrected chi connectivity index (χ2v) is 13.2. The number of aromatic nitrogens is 3. The zero-order chi connectivity index (χ0) is 34.2. The van der Waals surface area contributed by atoms with Gasteiger partial charge in [0, 0.05) is 43.8 Å². The van der Waals surface area contributed by atoms with E-state index in [9.17, 15) is 0 Å². The molecule has 0 aliphatic carbocycles. The molecular weight excluding hydrogens is 639 g/mol. The standard InChI is InChI=1S/C47H27N3O2/c1-2-11-29(12-3-1)45-48-46(34-19-18-28-10-4-5-13-30(28)24-34)50-47(49-45)37-22-21-35(33-20-23-41-38(26-33)36-16-8-9-17-40(36)51-41)44-43(37)39-25-31-14-6-7-15-32(31)27-42(39)52-44/h1-27H. The second kappa shape index (κ2) is 11.2. The van der Waals surface area contributed by atoms with Crippen molar-refractivity contribution in [2.45, 2.75) is 0 Å². The van der Waals surface area contributed by atoms with Gasteiger partial charge in [-0.15, -0.1) is 0 Å². The summed E-state index contributed by atoms with van der Waals surface area (Å²) >= 11 is 0. The maximum absolute atomic E-state index is 6.87. The molecule has 52 heavy (non-hydrogen) atoms. The van der Waals surface area contributed by atoms with Gasteiger partial charge in [-0.25, -0.2) is 15.0 Å². The molecule has 0 atom stereocenters. The maximum Gasteiger partial charge on any atom is 0.164 e. The average Bonchev–Trinajstić information content (AvgIpc) is 3.77. The first kappa shape index (κ1) is 28.7. The van der Waals surface area contributed by atoms with Crippen LogP contribution in [0.5, 0.6) is 0 Å². The third kappa shape index (κ3) is 4.53. The molecule has 0 aliphatic rings. The summed E-state index contributed by atoms with van der Waals surface area (Å²) < 4.78 is 13.0. The molecule has 0 saturated heterocycles. The molecule has 0 fully saturated rings. The zero-order valence-corrected chi connectivity index (χ0v) is 27.7. The van der Waals surface area contributed by atoms with E-state index in [0.29, 0.717) is 17.5 Å². The van der Waals surface area contributed by atoms with Crippen LogP contribution in [0.3, 0.4) is 0 Å². The summed E-state index contributed by atoms with van der Waals surface area (Å²) in [7, 11) is 0. The summed E-state index contributed by atoms with van der Waals surface area (Å²) in [5.41, 5.74) is 8.07. The fourth-order valence-electron chi connectivity index (χ4n) is 7.54. The highest BCUT2D eigenvalue weighted by Gasteiger charge is 2.22. The summed E-state index contributed by atoms with van der Waals surface area (Å²) in [6.07, 6.45) is 0.